The number of hydrogen-bond acceptors (Lipinski definition) is 6. The third-order valence-electron chi connectivity index (χ3n) is 6.12. The van der Waals surface area contributed by atoms with Crippen molar-refractivity contribution in [2.75, 3.05) is 0 Å². The molecule has 9 heteroatoms. The fourth-order valence-electron chi connectivity index (χ4n) is 4.32. The number of aromatic amines is 1. The van der Waals surface area contributed by atoms with Crippen molar-refractivity contribution in [3.8, 4) is 23.1 Å². The number of ether oxygens (including phenoxy) is 1. The second-order valence-electron chi connectivity index (χ2n) is 8.79. The van der Waals surface area contributed by atoms with Gasteiger partial charge >= 0.3 is 0 Å². The number of fused-ring (bicyclic) bond motifs is 1. The highest BCUT2D eigenvalue weighted by Crippen LogP contribution is 2.32. The molecule has 0 unspecified atom stereocenters. The number of benzene rings is 1. The van der Waals surface area contributed by atoms with Crippen molar-refractivity contribution >= 4 is 22.5 Å². The SMILES string of the molecule is Cc1cc(Cl)c(COc2ccc3nc(C)cc(-c4nc[nH]c4C)c3c2)c(Cn2cccc(C#N)c2=O)n1. The van der Waals surface area contributed by atoms with Crippen LogP contribution in [0.4, 0.5) is 0 Å². The molecule has 184 valence electrons. The summed E-state index contributed by atoms with van der Waals surface area (Å²) in [5.74, 6) is 0.638. The first kappa shape index (κ1) is 24.2. The fourth-order valence-corrected chi connectivity index (χ4v) is 4.64. The summed E-state index contributed by atoms with van der Waals surface area (Å²) in [6.07, 6.45) is 3.31. The average Bonchev–Trinajstić information content (AvgIpc) is 3.29. The molecule has 0 aliphatic rings. The Labute approximate surface area is 218 Å². The van der Waals surface area contributed by atoms with Crippen LogP contribution >= 0.6 is 11.6 Å². The van der Waals surface area contributed by atoms with E-state index in [-0.39, 0.29) is 24.3 Å². The molecule has 0 fully saturated rings. The van der Waals surface area contributed by atoms with Gasteiger partial charge in [0, 0.05) is 39.8 Å². The van der Waals surface area contributed by atoms with Crippen molar-refractivity contribution in [1.82, 2.24) is 24.5 Å². The number of imidazole rings is 1. The Morgan fingerprint density at radius 3 is 2.68 bits per heavy atom. The van der Waals surface area contributed by atoms with Gasteiger partial charge in [-0.1, -0.05) is 11.6 Å². The molecule has 0 saturated carbocycles. The fraction of sp³-hybridized carbons (Fsp3) is 0.179. The zero-order valence-electron chi connectivity index (χ0n) is 20.5. The predicted octanol–water partition coefficient (Wildman–Crippen LogP) is 5.26. The lowest BCUT2D eigenvalue weighted by Crippen LogP contribution is -2.23. The highest BCUT2D eigenvalue weighted by atomic mass is 35.5. The summed E-state index contributed by atoms with van der Waals surface area (Å²) >= 11 is 6.61. The molecule has 0 aliphatic carbocycles. The summed E-state index contributed by atoms with van der Waals surface area (Å²) in [5, 5.41) is 10.6. The molecule has 0 bridgehead atoms. The second kappa shape index (κ2) is 9.88. The Bertz CT molecular complexity index is 1750. The van der Waals surface area contributed by atoms with Gasteiger partial charge in [0.25, 0.3) is 5.56 Å². The zero-order valence-corrected chi connectivity index (χ0v) is 21.3. The van der Waals surface area contributed by atoms with E-state index in [2.05, 4.69) is 19.9 Å². The molecule has 0 spiro atoms. The molecule has 0 radical (unpaired) electrons. The van der Waals surface area contributed by atoms with Crippen molar-refractivity contribution in [2.24, 2.45) is 0 Å². The van der Waals surface area contributed by atoms with Gasteiger partial charge in [0.1, 0.15) is 24.0 Å². The minimum atomic E-state index is -0.380. The minimum absolute atomic E-state index is 0.0713. The highest BCUT2D eigenvalue weighted by Gasteiger charge is 2.15. The number of nitrogens with zero attached hydrogens (tertiary/aromatic N) is 5. The van der Waals surface area contributed by atoms with Crippen LogP contribution in [0.1, 0.15) is 33.9 Å². The van der Waals surface area contributed by atoms with Gasteiger partial charge in [-0.15, -0.1) is 0 Å². The largest absolute Gasteiger partial charge is 0.489 e. The Kier molecular flexibility index (Phi) is 6.47. The van der Waals surface area contributed by atoms with Crippen LogP contribution in [0.2, 0.25) is 5.02 Å². The molecule has 5 rings (SSSR count). The van der Waals surface area contributed by atoms with Crippen molar-refractivity contribution in [3.05, 3.63) is 104 Å². The number of rotatable bonds is 6. The van der Waals surface area contributed by atoms with E-state index < -0.39 is 0 Å². The summed E-state index contributed by atoms with van der Waals surface area (Å²) in [6, 6.07) is 14.6. The van der Waals surface area contributed by atoms with E-state index >= 15 is 0 Å². The minimum Gasteiger partial charge on any atom is -0.489 e. The first-order valence-electron chi connectivity index (χ1n) is 11.6. The molecule has 37 heavy (non-hydrogen) atoms. The summed E-state index contributed by atoms with van der Waals surface area (Å²) in [5.41, 5.74) is 6.24. The van der Waals surface area contributed by atoms with Gasteiger partial charge in [-0.25, -0.2) is 4.98 Å². The van der Waals surface area contributed by atoms with Crippen LogP contribution in [0.25, 0.3) is 22.2 Å². The Balaban J connectivity index is 1.49. The van der Waals surface area contributed by atoms with Crippen LogP contribution in [-0.2, 0) is 13.2 Å². The molecular weight excluding hydrogens is 488 g/mol. The molecule has 1 N–H and O–H groups in total. The average molecular weight is 511 g/mol. The monoisotopic (exact) mass is 510 g/mol. The first-order chi connectivity index (χ1) is 17.8. The van der Waals surface area contributed by atoms with E-state index in [1.54, 1.807) is 24.7 Å². The van der Waals surface area contributed by atoms with Crippen LogP contribution in [-0.4, -0.2) is 24.5 Å². The Morgan fingerprint density at radius 2 is 1.92 bits per heavy atom. The highest BCUT2D eigenvalue weighted by molar-refractivity contribution is 6.31. The third kappa shape index (κ3) is 4.82. The standard InChI is InChI=1S/C28H23ClN6O2/c1-16-9-22(27-18(3)31-15-32-27)21-11-20(6-7-25(21)33-16)37-14-23-24(29)10-17(2)34-26(23)13-35-8-4-5-19(12-30)28(35)36/h4-11,15H,13-14H2,1-3H3,(H,31,32). The predicted molar refractivity (Wildman–Crippen MR) is 142 cm³/mol. The summed E-state index contributed by atoms with van der Waals surface area (Å²) in [7, 11) is 0. The molecule has 1 aromatic carbocycles. The van der Waals surface area contributed by atoms with E-state index in [0.717, 1.165) is 39.2 Å². The number of halogens is 1. The molecule has 8 nitrogen and oxygen atoms in total. The van der Waals surface area contributed by atoms with Gasteiger partial charge in [-0.2, -0.15) is 5.26 Å². The lowest BCUT2D eigenvalue weighted by atomic mass is 10.0. The van der Waals surface area contributed by atoms with Crippen LogP contribution < -0.4 is 10.3 Å². The van der Waals surface area contributed by atoms with Crippen LogP contribution in [0.3, 0.4) is 0 Å². The Morgan fingerprint density at radius 1 is 1.11 bits per heavy atom. The summed E-state index contributed by atoms with van der Waals surface area (Å²) in [4.78, 5) is 29.5. The van der Waals surface area contributed by atoms with Crippen molar-refractivity contribution < 1.29 is 4.74 Å². The summed E-state index contributed by atoms with van der Waals surface area (Å²) < 4.78 is 7.63. The van der Waals surface area contributed by atoms with Gasteiger partial charge < -0.3 is 14.3 Å². The lowest BCUT2D eigenvalue weighted by Gasteiger charge is -2.15. The van der Waals surface area contributed by atoms with Crippen molar-refractivity contribution in [3.63, 3.8) is 0 Å². The van der Waals surface area contributed by atoms with Gasteiger partial charge in [-0.3, -0.25) is 14.8 Å². The van der Waals surface area contributed by atoms with Crippen LogP contribution in [0.5, 0.6) is 5.75 Å². The van der Waals surface area contributed by atoms with E-state index in [0.29, 0.717) is 22.0 Å². The van der Waals surface area contributed by atoms with Crippen molar-refractivity contribution in [2.45, 2.75) is 33.9 Å². The van der Waals surface area contributed by atoms with E-state index in [1.165, 1.54) is 10.6 Å². The number of hydrogen-bond donors (Lipinski definition) is 1. The molecule has 5 aromatic rings. The van der Waals surface area contributed by atoms with Gasteiger partial charge in [0.05, 0.1) is 34.8 Å². The maximum absolute atomic E-state index is 12.6. The number of aromatic nitrogens is 5. The topological polar surface area (TPSA) is 109 Å². The van der Waals surface area contributed by atoms with Crippen molar-refractivity contribution in [1.29, 1.82) is 5.26 Å². The lowest BCUT2D eigenvalue weighted by molar-refractivity contribution is 0.304. The molecular formula is C28H23ClN6O2. The molecule has 4 heterocycles. The number of nitriles is 1. The molecule has 0 saturated heterocycles. The van der Waals surface area contributed by atoms with Crippen LogP contribution in [0, 0.1) is 32.1 Å². The maximum Gasteiger partial charge on any atom is 0.268 e. The summed E-state index contributed by atoms with van der Waals surface area (Å²) in [6.45, 7) is 6.09. The van der Waals surface area contributed by atoms with Gasteiger partial charge in [-0.05, 0) is 63.2 Å². The molecule has 0 amide bonds. The van der Waals surface area contributed by atoms with Gasteiger partial charge in [0.2, 0.25) is 0 Å². The normalized spacial score (nSPS) is 11.0. The number of nitrogens with one attached hydrogen (secondary N) is 1. The molecule has 4 aromatic heterocycles. The van der Waals surface area contributed by atoms with Gasteiger partial charge in [0.15, 0.2) is 0 Å². The quantitative estimate of drug-likeness (QED) is 0.333. The van der Waals surface area contributed by atoms with E-state index in [4.69, 9.17) is 16.3 Å². The Hall–Kier alpha value is -4.48. The maximum atomic E-state index is 12.6. The smallest absolute Gasteiger partial charge is 0.268 e. The number of H-pyrrole nitrogens is 1. The van der Waals surface area contributed by atoms with E-state index in [9.17, 15) is 10.1 Å². The first-order valence-corrected chi connectivity index (χ1v) is 12.0. The van der Waals surface area contributed by atoms with Crippen LogP contribution in [0.15, 0.2) is 59.8 Å². The molecule has 0 aliphatic heterocycles. The third-order valence-corrected chi connectivity index (χ3v) is 6.46. The van der Waals surface area contributed by atoms with E-state index in [1.807, 2.05) is 51.1 Å². The molecule has 0 atom stereocenters. The number of pyridine rings is 3. The number of aryl methyl sites for hydroxylation is 3. The second-order valence-corrected chi connectivity index (χ2v) is 9.20. The zero-order chi connectivity index (χ0) is 26.1.